The molecule has 0 saturated heterocycles. The van der Waals surface area contributed by atoms with Gasteiger partial charge < -0.3 is 0 Å². The molecule has 14 heavy (non-hydrogen) atoms. The Bertz CT molecular complexity index is 296. The van der Waals surface area contributed by atoms with Crippen molar-refractivity contribution in [3.8, 4) is 0 Å². The lowest BCUT2D eigenvalue weighted by molar-refractivity contribution is -0.119. The standard InChI is InChI=1S/C10H15ClN2O/c1-13-9(6-8-12-13)4-5-10(14)3-2-7-11/h6,8H,2-5,7H2,1H3. The molecular formula is C10H15ClN2O. The minimum Gasteiger partial charge on any atom is -0.300 e. The predicted octanol–water partition coefficient (Wildman–Crippen LogP) is 1.94. The van der Waals surface area contributed by atoms with Crippen LogP contribution in [0, 0.1) is 0 Å². The fourth-order valence-electron chi connectivity index (χ4n) is 1.30. The van der Waals surface area contributed by atoms with Crippen molar-refractivity contribution in [1.82, 2.24) is 9.78 Å². The van der Waals surface area contributed by atoms with Crippen LogP contribution in [-0.4, -0.2) is 21.4 Å². The molecule has 1 aromatic heterocycles. The minimum absolute atomic E-state index is 0.284. The number of carbonyl (C=O) groups is 1. The average Bonchev–Trinajstić information content (AvgIpc) is 2.58. The van der Waals surface area contributed by atoms with Crippen molar-refractivity contribution in [2.75, 3.05) is 5.88 Å². The number of ketones is 1. The summed E-state index contributed by atoms with van der Waals surface area (Å²) in [6, 6.07) is 1.94. The average molecular weight is 215 g/mol. The summed E-state index contributed by atoms with van der Waals surface area (Å²) in [5.41, 5.74) is 1.10. The highest BCUT2D eigenvalue weighted by Crippen LogP contribution is 2.04. The van der Waals surface area contributed by atoms with Crippen LogP contribution < -0.4 is 0 Å². The van der Waals surface area contributed by atoms with Gasteiger partial charge in [-0.05, 0) is 18.9 Å². The van der Waals surface area contributed by atoms with E-state index in [9.17, 15) is 4.79 Å². The largest absolute Gasteiger partial charge is 0.300 e. The Morgan fingerprint density at radius 1 is 1.57 bits per heavy atom. The van der Waals surface area contributed by atoms with E-state index < -0.39 is 0 Å². The molecule has 78 valence electrons. The summed E-state index contributed by atoms with van der Waals surface area (Å²) in [5, 5.41) is 4.04. The smallest absolute Gasteiger partial charge is 0.133 e. The Balaban J connectivity index is 2.27. The molecule has 0 saturated carbocycles. The summed E-state index contributed by atoms with van der Waals surface area (Å²) in [7, 11) is 1.89. The minimum atomic E-state index is 0.284. The summed E-state index contributed by atoms with van der Waals surface area (Å²) >= 11 is 5.50. The van der Waals surface area contributed by atoms with E-state index in [4.69, 9.17) is 11.6 Å². The van der Waals surface area contributed by atoms with E-state index in [0.717, 1.165) is 18.5 Å². The van der Waals surface area contributed by atoms with E-state index in [1.54, 1.807) is 10.9 Å². The van der Waals surface area contributed by atoms with E-state index in [2.05, 4.69) is 5.10 Å². The SMILES string of the molecule is Cn1nccc1CCC(=O)CCCCl. The van der Waals surface area contributed by atoms with E-state index in [1.165, 1.54) is 0 Å². The molecule has 0 aliphatic carbocycles. The molecule has 0 unspecified atom stereocenters. The first kappa shape index (κ1) is 11.2. The third-order valence-corrected chi connectivity index (χ3v) is 2.44. The highest BCUT2D eigenvalue weighted by Gasteiger charge is 2.04. The van der Waals surface area contributed by atoms with Gasteiger partial charge in [-0.2, -0.15) is 5.10 Å². The lowest BCUT2D eigenvalue weighted by atomic mass is 10.1. The third kappa shape index (κ3) is 3.50. The third-order valence-electron chi connectivity index (χ3n) is 2.17. The maximum Gasteiger partial charge on any atom is 0.133 e. The highest BCUT2D eigenvalue weighted by atomic mass is 35.5. The van der Waals surface area contributed by atoms with Gasteiger partial charge >= 0.3 is 0 Å². The van der Waals surface area contributed by atoms with Crippen molar-refractivity contribution in [3.63, 3.8) is 0 Å². The molecule has 0 N–H and O–H groups in total. The van der Waals surface area contributed by atoms with Gasteiger partial charge in [0.1, 0.15) is 5.78 Å². The highest BCUT2D eigenvalue weighted by molar-refractivity contribution is 6.17. The Morgan fingerprint density at radius 2 is 2.36 bits per heavy atom. The summed E-state index contributed by atoms with van der Waals surface area (Å²) in [5.74, 6) is 0.851. The number of Topliss-reactive ketones (excluding diaryl/α,β-unsaturated/α-hetero) is 1. The molecule has 0 spiro atoms. The lowest BCUT2D eigenvalue weighted by Gasteiger charge is -2.00. The van der Waals surface area contributed by atoms with Gasteiger partial charge in [-0.25, -0.2) is 0 Å². The molecule has 1 heterocycles. The molecule has 1 aromatic rings. The predicted molar refractivity (Wildman–Crippen MR) is 56.5 cm³/mol. The first-order chi connectivity index (χ1) is 6.74. The number of alkyl halides is 1. The molecule has 0 atom stereocenters. The molecule has 4 heteroatoms. The summed E-state index contributed by atoms with van der Waals surface area (Å²) in [6.45, 7) is 0. The fraction of sp³-hybridized carbons (Fsp3) is 0.600. The van der Waals surface area contributed by atoms with Crippen LogP contribution in [0.4, 0.5) is 0 Å². The maximum atomic E-state index is 11.3. The maximum absolute atomic E-state index is 11.3. The van der Waals surface area contributed by atoms with Crippen LogP contribution in [0.2, 0.25) is 0 Å². The second-order valence-electron chi connectivity index (χ2n) is 3.28. The lowest BCUT2D eigenvalue weighted by Crippen LogP contribution is -2.04. The topological polar surface area (TPSA) is 34.9 Å². The molecule has 0 aliphatic heterocycles. The van der Waals surface area contributed by atoms with Crippen LogP contribution in [0.1, 0.15) is 25.0 Å². The number of rotatable bonds is 6. The van der Waals surface area contributed by atoms with Gasteiger partial charge in [0, 0.05) is 37.7 Å². The second kappa shape index (κ2) is 5.81. The van der Waals surface area contributed by atoms with Crippen LogP contribution in [0.3, 0.4) is 0 Å². The number of aromatic nitrogens is 2. The molecule has 1 rings (SSSR count). The van der Waals surface area contributed by atoms with E-state index in [1.807, 2.05) is 13.1 Å². The molecule has 0 aliphatic rings. The Morgan fingerprint density at radius 3 is 2.93 bits per heavy atom. The van der Waals surface area contributed by atoms with Gasteiger partial charge in [0.15, 0.2) is 0 Å². The zero-order chi connectivity index (χ0) is 10.4. The number of carbonyl (C=O) groups excluding carboxylic acids is 1. The molecule has 0 bridgehead atoms. The normalized spacial score (nSPS) is 10.4. The van der Waals surface area contributed by atoms with Crippen LogP contribution in [0.5, 0.6) is 0 Å². The van der Waals surface area contributed by atoms with Crippen molar-refractivity contribution in [1.29, 1.82) is 0 Å². The van der Waals surface area contributed by atoms with Crippen molar-refractivity contribution < 1.29 is 4.79 Å². The summed E-state index contributed by atoms with van der Waals surface area (Å²) in [6.07, 6.45) is 4.50. The number of halogens is 1. The van der Waals surface area contributed by atoms with Gasteiger partial charge in [0.05, 0.1) is 0 Å². The Kier molecular flexibility index (Phi) is 4.66. The van der Waals surface area contributed by atoms with Crippen molar-refractivity contribution in [3.05, 3.63) is 18.0 Å². The van der Waals surface area contributed by atoms with Gasteiger partial charge in [-0.3, -0.25) is 9.48 Å². The summed E-state index contributed by atoms with van der Waals surface area (Å²) in [4.78, 5) is 11.3. The molecular weight excluding hydrogens is 200 g/mol. The Labute approximate surface area is 89.1 Å². The molecule has 3 nitrogen and oxygen atoms in total. The van der Waals surface area contributed by atoms with Gasteiger partial charge in [-0.15, -0.1) is 11.6 Å². The Hall–Kier alpha value is -0.830. The number of aryl methyl sites for hydroxylation is 2. The molecule has 0 aromatic carbocycles. The second-order valence-corrected chi connectivity index (χ2v) is 3.66. The fourth-order valence-corrected chi connectivity index (χ4v) is 1.44. The van der Waals surface area contributed by atoms with Crippen molar-refractivity contribution in [2.45, 2.75) is 25.7 Å². The summed E-state index contributed by atoms with van der Waals surface area (Å²) < 4.78 is 1.80. The van der Waals surface area contributed by atoms with Gasteiger partial charge in [-0.1, -0.05) is 0 Å². The van der Waals surface area contributed by atoms with Crippen LogP contribution in [-0.2, 0) is 18.3 Å². The first-order valence-electron chi connectivity index (χ1n) is 4.78. The van der Waals surface area contributed by atoms with E-state index in [0.29, 0.717) is 18.7 Å². The number of nitrogens with zero attached hydrogens (tertiary/aromatic N) is 2. The molecule has 0 radical (unpaired) electrons. The zero-order valence-electron chi connectivity index (χ0n) is 8.37. The van der Waals surface area contributed by atoms with Crippen LogP contribution in [0.25, 0.3) is 0 Å². The van der Waals surface area contributed by atoms with Crippen LogP contribution in [0.15, 0.2) is 12.3 Å². The van der Waals surface area contributed by atoms with Crippen molar-refractivity contribution >= 4 is 17.4 Å². The quantitative estimate of drug-likeness (QED) is 0.679. The van der Waals surface area contributed by atoms with E-state index in [-0.39, 0.29) is 5.78 Å². The molecule has 0 fully saturated rings. The zero-order valence-corrected chi connectivity index (χ0v) is 9.13. The van der Waals surface area contributed by atoms with Crippen molar-refractivity contribution in [2.24, 2.45) is 7.05 Å². The monoisotopic (exact) mass is 214 g/mol. The molecule has 0 amide bonds. The van der Waals surface area contributed by atoms with Gasteiger partial charge in [0.25, 0.3) is 0 Å². The van der Waals surface area contributed by atoms with Gasteiger partial charge in [0.2, 0.25) is 0 Å². The van der Waals surface area contributed by atoms with E-state index >= 15 is 0 Å². The van der Waals surface area contributed by atoms with Crippen LogP contribution >= 0.6 is 11.6 Å². The number of hydrogen-bond acceptors (Lipinski definition) is 2. The number of hydrogen-bond donors (Lipinski definition) is 0. The first-order valence-corrected chi connectivity index (χ1v) is 5.32.